The second kappa shape index (κ2) is 8.09. The van der Waals surface area contributed by atoms with E-state index < -0.39 is 0 Å². The normalized spacial score (nSPS) is 11.3. The second-order valence-electron chi connectivity index (χ2n) is 7.77. The fourth-order valence-corrected chi connectivity index (χ4v) is 4.44. The summed E-state index contributed by atoms with van der Waals surface area (Å²) in [5.41, 5.74) is 5.57. The molecule has 6 rings (SSSR count). The maximum atomic E-state index is 11.6. The van der Waals surface area contributed by atoms with E-state index in [1.54, 1.807) is 33.8 Å². The predicted molar refractivity (Wildman–Crippen MR) is 131 cm³/mol. The highest BCUT2D eigenvalue weighted by molar-refractivity contribution is 6.35. The van der Waals surface area contributed by atoms with Gasteiger partial charge in [-0.1, -0.05) is 28.4 Å². The number of halogens is 2. The van der Waals surface area contributed by atoms with Crippen molar-refractivity contribution in [3.8, 4) is 23.0 Å². The summed E-state index contributed by atoms with van der Waals surface area (Å²) in [5, 5.41) is 22.8. The molecule has 4 heterocycles. The molecule has 35 heavy (non-hydrogen) atoms. The Morgan fingerprint density at radius 2 is 1.89 bits per heavy atom. The number of nitrogens with one attached hydrogen (secondary N) is 2. The van der Waals surface area contributed by atoms with Gasteiger partial charge in [-0.05, 0) is 42.5 Å². The number of H-pyrrole nitrogens is 2. The first-order valence-electron chi connectivity index (χ1n) is 10.3. The summed E-state index contributed by atoms with van der Waals surface area (Å²) in [6.45, 7) is 0.303. The zero-order valence-corrected chi connectivity index (χ0v) is 19.2. The van der Waals surface area contributed by atoms with Gasteiger partial charge in [0.15, 0.2) is 0 Å². The Kier molecular flexibility index (Phi) is 4.88. The molecule has 0 amide bonds. The highest BCUT2D eigenvalue weighted by Gasteiger charge is 2.16. The molecule has 4 aromatic heterocycles. The Bertz CT molecular complexity index is 1850. The first kappa shape index (κ1) is 21.1. The summed E-state index contributed by atoms with van der Waals surface area (Å²) in [5.74, 6) is 0. The van der Waals surface area contributed by atoms with Gasteiger partial charge in [-0.3, -0.25) is 9.67 Å². The molecule has 2 N–H and O–H groups in total. The summed E-state index contributed by atoms with van der Waals surface area (Å²) in [6, 6.07) is 14.6. The molecular weight excluding hydrogens is 489 g/mol. The zero-order valence-electron chi connectivity index (χ0n) is 17.7. The van der Waals surface area contributed by atoms with E-state index in [0.29, 0.717) is 55.6 Å². The van der Waals surface area contributed by atoms with E-state index in [4.69, 9.17) is 28.5 Å². The molecule has 0 atom stereocenters. The fraction of sp³-hybridized carbons (Fsp3) is 0.0435. The Morgan fingerprint density at radius 1 is 1.03 bits per heavy atom. The van der Waals surface area contributed by atoms with Crippen molar-refractivity contribution in [2.24, 2.45) is 0 Å². The van der Waals surface area contributed by atoms with Crippen LogP contribution in [0.3, 0.4) is 0 Å². The molecular formula is C23H13Cl2N9O. The third kappa shape index (κ3) is 3.63. The van der Waals surface area contributed by atoms with Crippen LogP contribution in [0.1, 0.15) is 11.3 Å². The highest BCUT2D eigenvalue weighted by atomic mass is 35.5. The molecule has 0 aliphatic carbocycles. The second-order valence-corrected chi connectivity index (χ2v) is 8.59. The third-order valence-electron chi connectivity index (χ3n) is 5.61. The van der Waals surface area contributed by atoms with Crippen LogP contribution in [-0.4, -0.2) is 39.7 Å². The average molecular weight is 502 g/mol. The molecule has 0 saturated heterocycles. The highest BCUT2D eigenvalue weighted by Crippen LogP contribution is 2.31. The van der Waals surface area contributed by atoms with Gasteiger partial charge >= 0.3 is 5.69 Å². The van der Waals surface area contributed by atoms with Crippen LogP contribution in [0.15, 0.2) is 59.7 Å². The molecule has 0 unspecified atom stereocenters. The summed E-state index contributed by atoms with van der Waals surface area (Å²) in [6.07, 6.45) is 3.16. The minimum absolute atomic E-state index is 0.281. The number of imidazole rings is 1. The van der Waals surface area contributed by atoms with Gasteiger partial charge in [-0.25, -0.2) is 9.48 Å². The molecule has 0 aliphatic rings. The number of hydrogen-bond acceptors (Lipinski definition) is 6. The maximum absolute atomic E-state index is 11.6. The van der Waals surface area contributed by atoms with E-state index in [1.807, 2.05) is 30.3 Å². The van der Waals surface area contributed by atoms with Crippen molar-refractivity contribution >= 4 is 45.3 Å². The fourth-order valence-electron chi connectivity index (χ4n) is 3.96. The van der Waals surface area contributed by atoms with Gasteiger partial charge in [0.25, 0.3) is 0 Å². The maximum Gasteiger partial charge on any atom is 0.323 e. The van der Waals surface area contributed by atoms with E-state index in [-0.39, 0.29) is 5.69 Å². The third-order valence-corrected chi connectivity index (χ3v) is 6.22. The molecule has 0 fully saturated rings. The van der Waals surface area contributed by atoms with Gasteiger partial charge in [0, 0.05) is 18.0 Å². The summed E-state index contributed by atoms with van der Waals surface area (Å²) in [7, 11) is 0. The predicted octanol–water partition coefficient (Wildman–Crippen LogP) is 4.08. The zero-order chi connectivity index (χ0) is 24.1. The van der Waals surface area contributed by atoms with E-state index >= 15 is 0 Å². The van der Waals surface area contributed by atoms with Crippen molar-refractivity contribution in [1.82, 2.24) is 39.7 Å². The number of benzene rings is 2. The van der Waals surface area contributed by atoms with Crippen molar-refractivity contribution in [1.29, 1.82) is 5.26 Å². The van der Waals surface area contributed by atoms with Crippen LogP contribution >= 0.6 is 23.2 Å². The molecule has 0 spiro atoms. The van der Waals surface area contributed by atoms with Crippen molar-refractivity contribution in [2.45, 2.75) is 6.54 Å². The molecule has 170 valence electrons. The number of pyridine rings is 1. The lowest BCUT2D eigenvalue weighted by molar-refractivity contribution is 0.680. The Labute approximate surface area is 206 Å². The first-order chi connectivity index (χ1) is 17.0. The molecule has 0 radical (unpaired) electrons. The van der Waals surface area contributed by atoms with Crippen molar-refractivity contribution in [2.75, 3.05) is 0 Å². The lowest BCUT2D eigenvalue weighted by atomic mass is 10.1. The van der Waals surface area contributed by atoms with Crippen LogP contribution in [0.4, 0.5) is 0 Å². The quantitative estimate of drug-likeness (QED) is 0.373. The van der Waals surface area contributed by atoms with Crippen LogP contribution < -0.4 is 5.69 Å². The lowest BCUT2D eigenvalue weighted by Crippen LogP contribution is -2.06. The monoisotopic (exact) mass is 501 g/mol. The van der Waals surface area contributed by atoms with Crippen molar-refractivity contribution < 1.29 is 0 Å². The molecule has 12 heteroatoms. The number of rotatable bonds is 4. The van der Waals surface area contributed by atoms with Crippen LogP contribution in [0.5, 0.6) is 0 Å². The summed E-state index contributed by atoms with van der Waals surface area (Å²) >= 11 is 12.9. The Morgan fingerprint density at radius 3 is 2.71 bits per heavy atom. The largest absolute Gasteiger partial charge is 0.323 e. The number of nitriles is 1. The Hall–Kier alpha value is -4.46. The van der Waals surface area contributed by atoms with Crippen molar-refractivity contribution in [3.05, 3.63) is 86.6 Å². The first-order valence-corrected chi connectivity index (χ1v) is 11.1. The SMILES string of the molecule is N#Cc1cnc(Cn2nccc2-c2cc(Cl)c3nnn(-c4ccc5[nH]c(=O)[nH]c5c4)c3c2)c(Cl)c1. The van der Waals surface area contributed by atoms with Crippen LogP contribution in [-0.2, 0) is 6.54 Å². The summed E-state index contributed by atoms with van der Waals surface area (Å²) in [4.78, 5) is 21.4. The standard InChI is InChI=1S/C23H13Cl2N9O/c24-15-5-12(9-26)10-27-19(15)11-33-20(3-4-28-33)13-6-16(25)22-21(7-13)34(32-31-22)14-1-2-17-18(8-14)30-23(35)29-17/h1-8,10H,11H2,(H2,29,30,35). The topological polar surface area (TPSA) is 134 Å². The van der Waals surface area contributed by atoms with Crippen molar-refractivity contribution in [3.63, 3.8) is 0 Å². The molecule has 0 aliphatic heterocycles. The van der Waals surface area contributed by atoms with E-state index in [9.17, 15) is 4.79 Å². The molecule has 10 nitrogen and oxygen atoms in total. The van der Waals surface area contributed by atoms with Gasteiger partial charge in [0.05, 0.1) is 55.8 Å². The van der Waals surface area contributed by atoms with Gasteiger partial charge < -0.3 is 9.97 Å². The van der Waals surface area contributed by atoms with Crippen LogP contribution in [0.2, 0.25) is 10.0 Å². The van der Waals surface area contributed by atoms with E-state index in [0.717, 1.165) is 11.3 Å². The van der Waals surface area contributed by atoms with Gasteiger partial charge in [0.1, 0.15) is 11.6 Å². The van der Waals surface area contributed by atoms with E-state index in [1.165, 1.54) is 6.20 Å². The van der Waals surface area contributed by atoms with Gasteiger partial charge in [-0.2, -0.15) is 10.4 Å². The van der Waals surface area contributed by atoms with Crippen LogP contribution in [0, 0.1) is 11.3 Å². The minimum Gasteiger partial charge on any atom is -0.306 e. The number of nitrogens with zero attached hydrogens (tertiary/aromatic N) is 7. The number of aromatic amines is 2. The molecule has 2 aromatic carbocycles. The summed E-state index contributed by atoms with van der Waals surface area (Å²) < 4.78 is 3.41. The molecule has 0 saturated carbocycles. The number of fused-ring (bicyclic) bond motifs is 2. The lowest BCUT2D eigenvalue weighted by Gasteiger charge is -2.10. The minimum atomic E-state index is -0.281. The molecule has 6 aromatic rings. The number of hydrogen-bond donors (Lipinski definition) is 2. The van der Waals surface area contributed by atoms with Gasteiger partial charge in [-0.15, -0.1) is 5.10 Å². The number of aromatic nitrogens is 8. The Balaban J connectivity index is 1.44. The molecule has 0 bridgehead atoms. The average Bonchev–Trinajstić information content (AvgIpc) is 3.57. The van der Waals surface area contributed by atoms with Gasteiger partial charge in [0.2, 0.25) is 0 Å². The van der Waals surface area contributed by atoms with E-state index in [2.05, 4.69) is 30.4 Å². The smallest absolute Gasteiger partial charge is 0.306 e. The van der Waals surface area contributed by atoms with Crippen LogP contribution in [0.25, 0.3) is 39.0 Å².